The quantitative estimate of drug-likeness (QED) is 0.0337. The van der Waals surface area contributed by atoms with Gasteiger partial charge in [-0.25, -0.2) is 0 Å². The highest BCUT2D eigenvalue weighted by atomic mass is 16.6. The SMILES string of the molecule is CCCC(CC)C(=O)OCC.CCCCC(=O)OCC.CCCCCC(=O)OCC.CCCCCCC(=O)OCC.CCCC[C@@H](CCC)C(=O)OCC.CCC[C@@H](C(=O)OCC)C(C)CC.CCC[C@H](C)C(=O)OCC.CCC[C@H](CC(C)C)C(=O)OCC.CCC[C@H](CCCCN)C(=O)OCC. The zero-order valence-electron chi connectivity index (χ0n) is 72.5. The van der Waals surface area contributed by atoms with Crippen LogP contribution >= 0.6 is 0 Å². The van der Waals surface area contributed by atoms with Gasteiger partial charge in [-0.3, -0.25) is 43.2 Å². The Morgan fingerprint density at radius 1 is 0.260 bits per heavy atom. The molecule has 0 radical (unpaired) electrons. The molecular weight excluding hydrogens is 1320 g/mol. The van der Waals surface area contributed by atoms with Crippen LogP contribution in [0.4, 0.5) is 0 Å². The topological polar surface area (TPSA) is 263 Å². The van der Waals surface area contributed by atoms with E-state index in [-0.39, 0.29) is 89.2 Å². The predicted molar refractivity (Wildman–Crippen MR) is 430 cm³/mol. The number of nitrogens with two attached hydrogens (primary N) is 1. The molecule has 104 heavy (non-hydrogen) atoms. The number of rotatable bonds is 51. The van der Waals surface area contributed by atoms with E-state index in [9.17, 15) is 43.2 Å². The average molecular weight is 1500 g/mol. The molecule has 0 aliphatic carbocycles. The van der Waals surface area contributed by atoms with Crippen LogP contribution in [0.3, 0.4) is 0 Å². The van der Waals surface area contributed by atoms with Crippen molar-refractivity contribution in [1.82, 2.24) is 0 Å². The molecule has 19 heteroatoms. The van der Waals surface area contributed by atoms with Crippen molar-refractivity contribution in [3.05, 3.63) is 0 Å². The molecule has 624 valence electrons. The minimum absolute atomic E-state index is 0.00204. The molecular formula is C85H171NO18. The molecule has 0 rings (SSSR count). The molecule has 19 nitrogen and oxygen atoms in total. The molecule has 0 bridgehead atoms. The molecule has 2 N–H and O–H groups in total. The molecule has 0 saturated heterocycles. The number of hydrogen-bond donors (Lipinski definition) is 1. The first-order chi connectivity index (χ1) is 49.7. The molecule has 2 unspecified atom stereocenters. The minimum Gasteiger partial charge on any atom is -0.466 e. The normalized spacial score (nSPS) is 12.0. The largest absolute Gasteiger partial charge is 0.466 e. The van der Waals surface area contributed by atoms with E-state index in [2.05, 4.69) is 96.9 Å². The molecule has 0 amide bonds. The minimum atomic E-state index is -0.0700. The third-order valence-corrected chi connectivity index (χ3v) is 16.0. The highest BCUT2D eigenvalue weighted by Gasteiger charge is 2.25. The maximum absolute atomic E-state index is 11.5. The monoisotopic (exact) mass is 1490 g/mol. The van der Waals surface area contributed by atoms with Crippen LogP contribution < -0.4 is 5.73 Å². The van der Waals surface area contributed by atoms with Gasteiger partial charge in [-0.1, -0.05) is 214 Å². The number of esters is 9. The van der Waals surface area contributed by atoms with Gasteiger partial charge >= 0.3 is 53.7 Å². The van der Waals surface area contributed by atoms with Crippen LogP contribution in [0, 0.1) is 47.3 Å². The number of carbonyl (C=O) groups is 9. The van der Waals surface area contributed by atoms with Gasteiger partial charge in [-0.2, -0.15) is 0 Å². The second kappa shape index (κ2) is 96.2. The van der Waals surface area contributed by atoms with Crippen molar-refractivity contribution in [3.8, 4) is 0 Å². The number of hydrogen-bond acceptors (Lipinski definition) is 19. The standard InChI is InChI=1S/C11H23NO2.3C11H22O2.2C9H18O2.2C8H16O2.C7H14O2/c1-3-7-10(8-5-6-9-12)11(13)14-4-2;1-5-7-10(8-9(3)4)11(12)13-6-2;1-5-8-10(9(4)6-2)11(12)13-7-3;1-4-7-9-10(8-5-2)11(12)13-6-3;1-4-7-8(5-2)9(10)11-6-3;1-3-5-6-7-8-9(10)11-4-2;1-4-6-7(3)8(9)10-5-2;1-3-5-6-7-8(9)10-4-2;1-3-5-6-7(8)9-4-2/h10H,3-9,12H2,1-2H3;2*9-10H,5-8H2,1-4H3;10H,4-9H2,1-3H3;8H,4-7H2,1-3H3;3-8H2,1-2H3;7H,4-6H2,1-3H3;3-7H2,1-2H3;3-6H2,1-2H3/t2*10-;9?,10-;10-;;;7-;;/m1111..0../s1. The van der Waals surface area contributed by atoms with Crippen LogP contribution in [-0.2, 0) is 85.8 Å². The number of carbonyl (C=O) groups excluding carboxylic acids is 9. The molecule has 0 aromatic rings. The van der Waals surface area contributed by atoms with E-state index in [0.29, 0.717) is 97.1 Å². The van der Waals surface area contributed by atoms with Gasteiger partial charge in [0.15, 0.2) is 0 Å². The summed E-state index contributed by atoms with van der Waals surface area (Å²) in [7, 11) is 0. The van der Waals surface area contributed by atoms with Crippen molar-refractivity contribution in [2.45, 2.75) is 385 Å². The van der Waals surface area contributed by atoms with E-state index in [1.165, 1.54) is 12.8 Å². The first-order valence-electron chi connectivity index (χ1n) is 41.9. The first-order valence-corrected chi connectivity index (χ1v) is 41.9. The van der Waals surface area contributed by atoms with E-state index < -0.39 is 0 Å². The Labute approximate surface area is 640 Å². The summed E-state index contributed by atoms with van der Waals surface area (Å²) in [5, 5.41) is 0. The molecule has 0 aromatic carbocycles. The van der Waals surface area contributed by atoms with Gasteiger partial charge in [-0.05, 0) is 171 Å². The van der Waals surface area contributed by atoms with E-state index >= 15 is 0 Å². The Balaban J connectivity index is -0.000000140. The lowest BCUT2D eigenvalue weighted by Gasteiger charge is -2.20. The Hall–Kier alpha value is -4.81. The first kappa shape index (κ1) is 118. The van der Waals surface area contributed by atoms with Crippen molar-refractivity contribution in [2.75, 3.05) is 66.0 Å². The Bertz CT molecular complexity index is 1860. The fourth-order valence-electron chi connectivity index (χ4n) is 10.1. The highest BCUT2D eigenvalue weighted by molar-refractivity contribution is 5.74. The molecule has 0 fully saturated rings. The van der Waals surface area contributed by atoms with Crippen molar-refractivity contribution >= 4 is 53.7 Å². The highest BCUT2D eigenvalue weighted by Crippen LogP contribution is 2.23. The van der Waals surface area contributed by atoms with Crippen LogP contribution in [0.1, 0.15) is 385 Å². The van der Waals surface area contributed by atoms with E-state index in [4.69, 9.17) is 48.4 Å². The fourth-order valence-corrected chi connectivity index (χ4v) is 10.1. The Morgan fingerprint density at radius 3 is 0.904 bits per heavy atom. The van der Waals surface area contributed by atoms with Crippen LogP contribution in [0.25, 0.3) is 0 Å². The maximum Gasteiger partial charge on any atom is 0.309 e. The van der Waals surface area contributed by atoms with Gasteiger partial charge in [0.1, 0.15) is 0 Å². The van der Waals surface area contributed by atoms with Crippen LogP contribution in [-0.4, -0.2) is 120 Å². The second-order valence-electron chi connectivity index (χ2n) is 26.2. The molecule has 7 atom stereocenters. The van der Waals surface area contributed by atoms with Crippen molar-refractivity contribution in [1.29, 1.82) is 0 Å². The van der Waals surface area contributed by atoms with Gasteiger partial charge < -0.3 is 48.4 Å². The van der Waals surface area contributed by atoms with E-state index in [0.717, 1.165) is 180 Å². The summed E-state index contributed by atoms with van der Waals surface area (Å²) in [6.45, 7) is 55.3. The van der Waals surface area contributed by atoms with Gasteiger partial charge in [-0.15, -0.1) is 0 Å². The zero-order valence-corrected chi connectivity index (χ0v) is 72.5. The van der Waals surface area contributed by atoms with Crippen LogP contribution in [0.5, 0.6) is 0 Å². The summed E-state index contributed by atoms with van der Waals surface area (Å²) in [4.78, 5) is 100.0. The zero-order chi connectivity index (χ0) is 81.6. The summed E-state index contributed by atoms with van der Waals surface area (Å²) in [6.07, 6.45) is 32.6. The summed E-state index contributed by atoms with van der Waals surface area (Å²) >= 11 is 0. The molecule has 0 spiro atoms. The van der Waals surface area contributed by atoms with Crippen molar-refractivity contribution in [2.24, 2.45) is 53.1 Å². The molecule has 0 aromatic heterocycles. The lowest BCUT2D eigenvalue weighted by Crippen LogP contribution is -2.23. The third kappa shape index (κ3) is 89.6. The van der Waals surface area contributed by atoms with Crippen molar-refractivity contribution < 1.29 is 85.8 Å². The molecule has 0 saturated carbocycles. The van der Waals surface area contributed by atoms with Crippen molar-refractivity contribution in [3.63, 3.8) is 0 Å². The number of unbranched alkanes of at least 4 members (excludes halogenated alkanes) is 8. The third-order valence-electron chi connectivity index (χ3n) is 16.0. The van der Waals surface area contributed by atoms with Crippen LogP contribution in [0.2, 0.25) is 0 Å². The summed E-state index contributed by atoms with van der Waals surface area (Å²) in [6, 6.07) is 0. The lowest BCUT2D eigenvalue weighted by molar-refractivity contribution is -0.150. The fraction of sp³-hybridized carbons (Fsp3) is 0.894. The van der Waals surface area contributed by atoms with E-state index in [1.807, 2.05) is 76.2 Å². The van der Waals surface area contributed by atoms with E-state index in [1.54, 1.807) is 0 Å². The summed E-state index contributed by atoms with van der Waals surface area (Å²) < 4.78 is 44.1. The van der Waals surface area contributed by atoms with Crippen LogP contribution in [0.15, 0.2) is 0 Å². The van der Waals surface area contributed by atoms with Gasteiger partial charge in [0, 0.05) is 19.3 Å². The molecule has 0 heterocycles. The van der Waals surface area contributed by atoms with Gasteiger partial charge in [0.2, 0.25) is 0 Å². The number of ether oxygens (including phenoxy) is 9. The Kier molecular flexibility index (Phi) is 109. The smallest absolute Gasteiger partial charge is 0.309 e. The van der Waals surface area contributed by atoms with Gasteiger partial charge in [0.05, 0.1) is 95.0 Å². The average Bonchev–Trinajstić information content (AvgIpc) is 1.14. The summed E-state index contributed by atoms with van der Waals surface area (Å²) in [5.74, 6) is 1.32. The van der Waals surface area contributed by atoms with Gasteiger partial charge in [0.25, 0.3) is 0 Å². The summed E-state index contributed by atoms with van der Waals surface area (Å²) in [5.41, 5.74) is 5.41. The molecule has 0 aliphatic heterocycles. The predicted octanol–water partition coefficient (Wildman–Crippen LogP) is 22.0. The maximum atomic E-state index is 11.5. The second-order valence-corrected chi connectivity index (χ2v) is 26.2. The Morgan fingerprint density at radius 2 is 0.567 bits per heavy atom. The lowest BCUT2D eigenvalue weighted by atomic mass is 9.88. The molecule has 0 aliphatic rings.